The summed E-state index contributed by atoms with van der Waals surface area (Å²) in [5, 5.41) is 2.85. The van der Waals surface area contributed by atoms with Gasteiger partial charge in [-0.3, -0.25) is 4.79 Å². The number of nitrogens with two attached hydrogens (primary N) is 1. The molecule has 0 aliphatic heterocycles. The van der Waals surface area contributed by atoms with E-state index in [-0.39, 0.29) is 24.4 Å². The van der Waals surface area contributed by atoms with Crippen LogP contribution in [0.5, 0.6) is 0 Å². The van der Waals surface area contributed by atoms with Crippen LogP contribution in [0.25, 0.3) is 0 Å². The predicted molar refractivity (Wildman–Crippen MR) is 75.0 cm³/mol. The molecule has 0 bridgehead atoms. The second-order valence-electron chi connectivity index (χ2n) is 4.11. The summed E-state index contributed by atoms with van der Waals surface area (Å²) in [7, 11) is 1.62. The summed E-state index contributed by atoms with van der Waals surface area (Å²) in [5.74, 6) is -0.0710. The third-order valence-corrected chi connectivity index (χ3v) is 2.45. The van der Waals surface area contributed by atoms with Gasteiger partial charge in [-0.25, -0.2) is 0 Å². The highest BCUT2D eigenvalue weighted by molar-refractivity contribution is 5.95. The van der Waals surface area contributed by atoms with E-state index >= 15 is 0 Å². The van der Waals surface area contributed by atoms with Gasteiger partial charge in [-0.2, -0.15) is 0 Å². The molecule has 0 saturated carbocycles. The molecule has 1 unspecified atom stereocenters. The van der Waals surface area contributed by atoms with Crippen molar-refractivity contribution in [2.75, 3.05) is 13.7 Å². The molecule has 1 amide bonds. The first kappa shape index (κ1) is 16.9. The Morgan fingerprint density at radius 2 is 2.11 bits per heavy atom. The molecule has 3 N–H and O–H groups in total. The van der Waals surface area contributed by atoms with Crippen molar-refractivity contribution in [1.29, 1.82) is 0 Å². The van der Waals surface area contributed by atoms with Crippen LogP contribution in [-0.4, -0.2) is 25.6 Å². The Labute approximate surface area is 114 Å². The quantitative estimate of drug-likeness (QED) is 0.829. The van der Waals surface area contributed by atoms with Crippen molar-refractivity contribution in [2.24, 2.45) is 5.73 Å². The highest BCUT2D eigenvalue weighted by atomic mass is 35.5. The van der Waals surface area contributed by atoms with E-state index in [1.165, 1.54) is 0 Å². The van der Waals surface area contributed by atoms with Crippen molar-refractivity contribution in [3.63, 3.8) is 0 Å². The molecule has 5 heteroatoms. The molecule has 0 fully saturated rings. The summed E-state index contributed by atoms with van der Waals surface area (Å²) in [4.78, 5) is 11.9. The topological polar surface area (TPSA) is 64.3 Å². The van der Waals surface area contributed by atoms with Gasteiger partial charge < -0.3 is 15.8 Å². The van der Waals surface area contributed by atoms with Crippen LogP contribution in [0.3, 0.4) is 0 Å². The van der Waals surface area contributed by atoms with Gasteiger partial charge in [0.25, 0.3) is 5.91 Å². The number of hydrogen-bond acceptors (Lipinski definition) is 3. The fraction of sp³-hybridized carbons (Fsp3) is 0.462. The van der Waals surface area contributed by atoms with Gasteiger partial charge in [0.1, 0.15) is 0 Å². The zero-order valence-electron chi connectivity index (χ0n) is 10.8. The summed E-state index contributed by atoms with van der Waals surface area (Å²) in [6, 6.07) is 7.54. The van der Waals surface area contributed by atoms with Crippen LogP contribution in [0.1, 0.15) is 29.3 Å². The Morgan fingerprint density at radius 3 is 2.72 bits per heavy atom. The molecule has 1 aromatic rings. The molecule has 4 nitrogen and oxygen atoms in total. The van der Waals surface area contributed by atoms with Crippen molar-refractivity contribution in [3.8, 4) is 0 Å². The molecule has 0 aromatic heterocycles. The van der Waals surface area contributed by atoms with E-state index in [1.54, 1.807) is 13.2 Å². The fourth-order valence-corrected chi connectivity index (χ4v) is 1.53. The molecule has 1 atom stereocenters. The molecule has 18 heavy (non-hydrogen) atoms. The number of carbonyl (C=O) groups excluding carboxylic acids is 1. The van der Waals surface area contributed by atoms with E-state index in [1.807, 2.05) is 25.1 Å². The first-order valence-corrected chi connectivity index (χ1v) is 5.75. The zero-order valence-corrected chi connectivity index (χ0v) is 11.6. The van der Waals surface area contributed by atoms with E-state index in [9.17, 15) is 4.79 Å². The average molecular weight is 273 g/mol. The van der Waals surface area contributed by atoms with Crippen LogP contribution in [-0.2, 0) is 11.3 Å². The van der Waals surface area contributed by atoms with Crippen LogP contribution in [0.15, 0.2) is 24.3 Å². The number of methoxy groups -OCH3 is 1. The van der Waals surface area contributed by atoms with E-state index in [0.717, 1.165) is 12.0 Å². The van der Waals surface area contributed by atoms with Crippen molar-refractivity contribution in [2.45, 2.75) is 26.0 Å². The Bertz CT molecular complexity index is 370. The van der Waals surface area contributed by atoms with Gasteiger partial charge in [-0.1, -0.05) is 18.2 Å². The lowest BCUT2D eigenvalue weighted by Crippen LogP contribution is -2.29. The lowest BCUT2D eigenvalue weighted by molar-refractivity contribution is 0.0948. The molecule has 1 rings (SSSR count). The van der Waals surface area contributed by atoms with Gasteiger partial charge in [0.2, 0.25) is 0 Å². The minimum Gasteiger partial charge on any atom is -0.380 e. The van der Waals surface area contributed by atoms with Crippen LogP contribution in [0, 0.1) is 0 Å². The summed E-state index contributed by atoms with van der Waals surface area (Å²) in [5.41, 5.74) is 7.19. The van der Waals surface area contributed by atoms with E-state index in [4.69, 9.17) is 10.5 Å². The highest BCUT2D eigenvalue weighted by Crippen LogP contribution is 2.09. The summed E-state index contributed by atoms with van der Waals surface area (Å²) in [6.45, 7) is 2.96. The van der Waals surface area contributed by atoms with Crippen LogP contribution < -0.4 is 11.1 Å². The van der Waals surface area contributed by atoms with Gasteiger partial charge in [-0.15, -0.1) is 12.4 Å². The molecule has 0 aliphatic rings. The normalized spacial score (nSPS) is 11.5. The number of rotatable bonds is 6. The number of carbonyl (C=O) groups is 1. The predicted octanol–water partition coefficient (Wildman–Crippen LogP) is 1.72. The summed E-state index contributed by atoms with van der Waals surface area (Å²) < 4.78 is 5.06. The lowest BCUT2D eigenvalue weighted by atomic mass is 10.1. The number of halogens is 1. The SMILES string of the molecule is COCc1ccccc1C(=O)NCCC(C)N.Cl. The van der Waals surface area contributed by atoms with Crippen molar-refractivity contribution < 1.29 is 9.53 Å². The largest absolute Gasteiger partial charge is 0.380 e. The minimum atomic E-state index is -0.0710. The van der Waals surface area contributed by atoms with Gasteiger partial charge >= 0.3 is 0 Å². The standard InChI is InChI=1S/C13H20N2O2.ClH/c1-10(14)7-8-15-13(16)12-6-4-3-5-11(12)9-17-2;/h3-6,10H,7-9,14H2,1-2H3,(H,15,16);1H. The zero-order chi connectivity index (χ0) is 12.7. The second-order valence-corrected chi connectivity index (χ2v) is 4.11. The lowest BCUT2D eigenvalue weighted by Gasteiger charge is -2.10. The summed E-state index contributed by atoms with van der Waals surface area (Å²) >= 11 is 0. The van der Waals surface area contributed by atoms with E-state index in [2.05, 4.69) is 5.32 Å². The van der Waals surface area contributed by atoms with Crippen LogP contribution in [0.2, 0.25) is 0 Å². The average Bonchev–Trinajstić information content (AvgIpc) is 2.29. The maximum Gasteiger partial charge on any atom is 0.251 e. The monoisotopic (exact) mass is 272 g/mol. The number of benzene rings is 1. The van der Waals surface area contributed by atoms with Gasteiger partial charge in [0, 0.05) is 25.3 Å². The molecule has 0 saturated heterocycles. The van der Waals surface area contributed by atoms with Crippen LogP contribution >= 0.6 is 12.4 Å². The Balaban J connectivity index is 0.00000289. The Hall–Kier alpha value is -1.10. The highest BCUT2D eigenvalue weighted by Gasteiger charge is 2.09. The second kappa shape index (κ2) is 8.91. The molecule has 102 valence electrons. The van der Waals surface area contributed by atoms with Crippen LogP contribution in [0.4, 0.5) is 0 Å². The third kappa shape index (κ3) is 5.49. The van der Waals surface area contributed by atoms with Gasteiger partial charge in [0.15, 0.2) is 0 Å². The Kier molecular flexibility index (Phi) is 8.37. The smallest absolute Gasteiger partial charge is 0.251 e. The maximum absolute atomic E-state index is 11.9. The molecule has 1 aromatic carbocycles. The van der Waals surface area contributed by atoms with Crippen molar-refractivity contribution >= 4 is 18.3 Å². The number of nitrogens with one attached hydrogen (secondary N) is 1. The number of amides is 1. The molecule has 0 radical (unpaired) electrons. The molecular weight excluding hydrogens is 252 g/mol. The number of hydrogen-bond donors (Lipinski definition) is 2. The van der Waals surface area contributed by atoms with E-state index in [0.29, 0.717) is 18.7 Å². The first-order valence-electron chi connectivity index (χ1n) is 5.75. The Morgan fingerprint density at radius 1 is 1.44 bits per heavy atom. The molecule has 0 spiro atoms. The van der Waals surface area contributed by atoms with Crippen molar-refractivity contribution in [1.82, 2.24) is 5.32 Å². The first-order chi connectivity index (χ1) is 8.15. The molecule has 0 heterocycles. The van der Waals surface area contributed by atoms with Crippen molar-refractivity contribution in [3.05, 3.63) is 35.4 Å². The van der Waals surface area contributed by atoms with Gasteiger partial charge in [0.05, 0.1) is 6.61 Å². The number of ether oxygens (including phenoxy) is 1. The third-order valence-electron chi connectivity index (χ3n) is 2.45. The van der Waals surface area contributed by atoms with Gasteiger partial charge in [-0.05, 0) is 25.0 Å². The molecule has 0 aliphatic carbocycles. The minimum absolute atomic E-state index is 0. The van der Waals surface area contributed by atoms with E-state index < -0.39 is 0 Å². The molecular formula is C13H21ClN2O2. The fourth-order valence-electron chi connectivity index (χ4n) is 1.53. The maximum atomic E-state index is 11.9. The summed E-state index contributed by atoms with van der Waals surface area (Å²) in [6.07, 6.45) is 0.776.